The summed E-state index contributed by atoms with van der Waals surface area (Å²) in [5.41, 5.74) is 0.917. The van der Waals surface area contributed by atoms with Crippen LogP contribution in [0.1, 0.15) is 43.2 Å². The highest BCUT2D eigenvalue weighted by Crippen LogP contribution is 2.28. The van der Waals surface area contributed by atoms with Gasteiger partial charge in [0.15, 0.2) is 23.2 Å². The van der Waals surface area contributed by atoms with Gasteiger partial charge in [0.2, 0.25) is 0 Å². The Hall–Kier alpha value is -3.17. The number of ether oxygens (including phenoxy) is 4. The maximum Gasteiger partial charge on any atom is 0.331 e. The van der Waals surface area contributed by atoms with Gasteiger partial charge in [-0.15, -0.1) is 0 Å². The minimum atomic E-state index is -1.08. The standard InChI is InChI=1S/C27H36N2O7/c1-17(2)15-35-25-18(3)36-27(32)21(29-26(31)23-24(30)22(33-4)10-12-28-23)16-34-13-11-20(25)14-19-8-6-5-7-9-19/h5-10,12,17-18,20-21,25,30H,11,13-16H2,1-4H3,(H,29,31)/t18-,20+,21-,25-/m0/s1. The van der Waals surface area contributed by atoms with Crippen LogP contribution in [0, 0.1) is 11.8 Å². The second-order valence-corrected chi connectivity index (χ2v) is 9.38. The van der Waals surface area contributed by atoms with Gasteiger partial charge in [0.05, 0.1) is 19.8 Å². The number of pyridine rings is 1. The molecule has 0 spiro atoms. The maximum absolute atomic E-state index is 13.1. The third kappa shape index (κ3) is 7.41. The highest BCUT2D eigenvalue weighted by molar-refractivity contribution is 5.98. The number of benzene rings is 1. The molecule has 0 saturated carbocycles. The van der Waals surface area contributed by atoms with Crippen LogP contribution in [0.3, 0.4) is 0 Å². The van der Waals surface area contributed by atoms with Gasteiger partial charge in [-0.2, -0.15) is 0 Å². The second kappa shape index (κ2) is 13.2. The SMILES string of the molecule is COc1ccnc(C(=O)N[C@H]2COCC[C@H](Cc3ccccc3)[C@@H](OCC(C)C)[C@H](C)OC2=O)c1O. The van der Waals surface area contributed by atoms with E-state index in [-0.39, 0.29) is 30.1 Å². The molecule has 1 aliphatic rings. The number of nitrogens with one attached hydrogen (secondary N) is 1. The lowest BCUT2D eigenvalue weighted by Gasteiger charge is -2.34. The summed E-state index contributed by atoms with van der Waals surface area (Å²) in [5.74, 6) is -1.31. The van der Waals surface area contributed by atoms with Gasteiger partial charge in [0.25, 0.3) is 5.91 Å². The average molecular weight is 501 g/mol. The highest BCUT2D eigenvalue weighted by atomic mass is 16.6. The minimum Gasteiger partial charge on any atom is -0.503 e. The molecule has 1 amide bonds. The van der Waals surface area contributed by atoms with Crippen molar-refractivity contribution in [1.82, 2.24) is 10.3 Å². The van der Waals surface area contributed by atoms with Gasteiger partial charge in [0, 0.05) is 25.5 Å². The first-order valence-corrected chi connectivity index (χ1v) is 12.3. The largest absolute Gasteiger partial charge is 0.503 e. The summed E-state index contributed by atoms with van der Waals surface area (Å²) < 4.78 is 22.9. The van der Waals surface area contributed by atoms with Crippen LogP contribution in [0.4, 0.5) is 0 Å². The summed E-state index contributed by atoms with van der Waals surface area (Å²) in [5, 5.41) is 12.8. The third-order valence-electron chi connectivity index (χ3n) is 6.02. The van der Waals surface area contributed by atoms with E-state index >= 15 is 0 Å². The fourth-order valence-electron chi connectivity index (χ4n) is 4.19. The third-order valence-corrected chi connectivity index (χ3v) is 6.02. The van der Waals surface area contributed by atoms with Crippen LogP contribution in [0.15, 0.2) is 42.6 Å². The number of nitrogens with zero attached hydrogens (tertiary/aromatic N) is 1. The molecular weight excluding hydrogens is 464 g/mol. The molecule has 2 N–H and O–H groups in total. The topological polar surface area (TPSA) is 116 Å². The van der Waals surface area contributed by atoms with Crippen molar-refractivity contribution in [3.63, 3.8) is 0 Å². The fraction of sp³-hybridized carbons (Fsp3) is 0.519. The maximum atomic E-state index is 13.1. The normalized spacial score (nSPS) is 23.1. The van der Waals surface area contributed by atoms with Gasteiger partial charge in [-0.1, -0.05) is 44.2 Å². The lowest BCUT2D eigenvalue weighted by Crippen LogP contribution is -2.49. The molecule has 0 aliphatic carbocycles. The number of hydrogen-bond acceptors (Lipinski definition) is 8. The fourth-order valence-corrected chi connectivity index (χ4v) is 4.19. The van der Waals surface area contributed by atoms with Crippen LogP contribution in [0.5, 0.6) is 11.5 Å². The minimum absolute atomic E-state index is 0.0676. The van der Waals surface area contributed by atoms with E-state index in [9.17, 15) is 14.7 Å². The Morgan fingerprint density at radius 3 is 2.69 bits per heavy atom. The van der Waals surface area contributed by atoms with E-state index in [0.717, 1.165) is 6.42 Å². The second-order valence-electron chi connectivity index (χ2n) is 9.38. The molecule has 3 rings (SSSR count). The average Bonchev–Trinajstić information content (AvgIpc) is 2.85. The number of methoxy groups -OCH3 is 1. The Morgan fingerprint density at radius 2 is 2.00 bits per heavy atom. The lowest BCUT2D eigenvalue weighted by atomic mass is 9.88. The lowest BCUT2D eigenvalue weighted by molar-refractivity contribution is -0.166. The quantitative estimate of drug-likeness (QED) is 0.531. The molecule has 4 atom stereocenters. The van der Waals surface area contributed by atoms with Crippen LogP contribution >= 0.6 is 0 Å². The van der Waals surface area contributed by atoms with Crippen LogP contribution in [-0.2, 0) is 25.4 Å². The highest BCUT2D eigenvalue weighted by Gasteiger charge is 2.35. The van der Waals surface area contributed by atoms with Crippen molar-refractivity contribution in [2.45, 2.75) is 51.9 Å². The summed E-state index contributed by atoms with van der Waals surface area (Å²) in [7, 11) is 1.37. The number of rotatable bonds is 8. The van der Waals surface area contributed by atoms with Crippen molar-refractivity contribution in [2.75, 3.05) is 26.9 Å². The van der Waals surface area contributed by atoms with E-state index < -0.39 is 29.8 Å². The summed E-state index contributed by atoms with van der Waals surface area (Å²) >= 11 is 0. The smallest absolute Gasteiger partial charge is 0.331 e. The zero-order valence-corrected chi connectivity index (χ0v) is 21.3. The molecule has 2 heterocycles. The number of carbonyl (C=O) groups is 2. The van der Waals surface area contributed by atoms with E-state index in [1.807, 2.05) is 25.1 Å². The van der Waals surface area contributed by atoms with Gasteiger partial charge >= 0.3 is 5.97 Å². The first-order valence-electron chi connectivity index (χ1n) is 12.3. The molecule has 0 unspecified atom stereocenters. The van der Waals surface area contributed by atoms with Gasteiger partial charge in [-0.05, 0) is 37.2 Å². The van der Waals surface area contributed by atoms with Crippen molar-refractivity contribution in [3.05, 3.63) is 53.9 Å². The van der Waals surface area contributed by atoms with Crippen LogP contribution < -0.4 is 10.1 Å². The summed E-state index contributed by atoms with van der Waals surface area (Å²) in [6, 6.07) is 10.5. The van der Waals surface area contributed by atoms with Gasteiger partial charge in [-0.3, -0.25) is 4.79 Å². The van der Waals surface area contributed by atoms with E-state index in [1.54, 1.807) is 0 Å². The van der Waals surface area contributed by atoms with Gasteiger partial charge in [-0.25, -0.2) is 9.78 Å². The number of hydrogen-bond donors (Lipinski definition) is 2. The molecule has 1 aromatic carbocycles. The van der Waals surface area contributed by atoms with E-state index in [2.05, 4.69) is 36.3 Å². The molecule has 9 heteroatoms. The predicted octanol–water partition coefficient (Wildman–Crippen LogP) is 3.15. The Morgan fingerprint density at radius 1 is 1.25 bits per heavy atom. The Balaban J connectivity index is 1.76. The van der Waals surface area contributed by atoms with Crippen LogP contribution in [-0.4, -0.2) is 67.1 Å². The number of carbonyl (C=O) groups excluding carboxylic acids is 2. The number of esters is 1. The Bertz CT molecular complexity index is 999. The summed E-state index contributed by atoms with van der Waals surface area (Å²) in [6.45, 7) is 6.79. The summed E-state index contributed by atoms with van der Waals surface area (Å²) in [4.78, 5) is 29.8. The molecule has 1 aromatic heterocycles. The van der Waals surface area contributed by atoms with Crippen molar-refractivity contribution in [2.24, 2.45) is 11.8 Å². The molecule has 1 fully saturated rings. The van der Waals surface area contributed by atoms with E-state index in [1.165, 1.54) is 24.9 Å². The van der Waals surface area contributed by atoms with Crippen molar-refractivity contribution >= 4 is 11.9 Å². The Labute approximate surface area is 212 Å². The number of aromatic hydroxyl groups is 1. The van der Waals surface area contributed by atoms with E-state index in [4.69, 9.17) is 18.9 Å². The molecule has 9 nitrogen and oxygen atoms in total. The molecule has 196 valence electrons. The molecule has 1 aliphatic heterocycles. The zero-order chi connectivity index (χ0) is 26.1. The Kier molecular flexibility index (Phi) is 10.1. The zero-order valence-electron chi connectivity index (χ0n) is 21.3. The first-order chi connectivity index (χ1) is 17.3. The van der Waals surface area contributed by atoms with Gasteiger partial charge in [0.1, 0.15) is 6.10 Å². The molecule has 2 aromatic rings. The summed E-state index contributed by atoms with van der Waals surface area (Å²) in [6.07, 6.45) is 1.89. The first kappa shape index (κ1) is 27.4. The number of aromatic nitrogens is 1. The van der Waals surface area contributed by atoms with Crippen molar-refractivity contribution in [3.8, 4) is 11.5 Å². The van der Waals surface area contributed by atoms with Crippen LogP contribution in [0.2, 0.25) is 0 Å². The molecule has 0 radical (unpaired) electrons. The monoisotopic (exact) mass is 500 g/mol. The predicted molar refractivity (Wildman–Crippen MR) is 133 cm³/mol. The molecule has 36 heavy (non-hydrogen) atoms. The van der Waals surface area contributed by atoms with Crippen LogP contribution in [0.25, 0.3) is 0 Å². The van der Waals surface area contributed by atoms with Gasteiger partial charge < -0.3 is 29.4 Å². The molecule has 0 bridgehead atoms. The van der Waals surface area contributed by atoms with Crippen molar-refractivity contribution in [1.29, 1.82) is 0 Å². The molecule has 1 saturated heterocycles. The number of cyclic esters (lactones) is 1. The van der Waals surface area contributed by atoms with E-state index in [0.29, 0.717) is 25.6 Å². The molecular formula is C27H36N2O7. The number of amides is 1. The van der Waals surface area contributed by atoms with Crippen molar-refractivity contribution < 1.29 is 33.6 Å².